The lowest BCUT2D eigenvalue weighted by atomic mass is 9.98. The van der Waals surface area contributed by atoms with E-state index >= 15 is 0 Å². The maximum absolute atomic E-state index is 11.4. The Morgan fingerprint density at radius 1 is 1.37 bits per heavy atom. The third kappa shape index (κ3) is 2.45. The first-order valence-corrected chi connectivity index (χ1v) is 8.28. The van der Waals surface area contributed by atoms with Crippen LogP contribution in [0.4, 0.5) is 5.69 Å². The minimum atomic E-state index is -2.79. The summed E-state index contributed by atoms with van der Waals surface area (Å²) in [6.07, 6.45) is 6.02. The van der Waals surface area contributed by atoms with Gasteiger partial charge in [-0.2, -0.15) is 0 Å². The molecule has 2 N–H and O–H groups in total. The van der Waals surface area contributed by atoms with Crippen molar-refractivity contribution in [2.45, 2.75) is 19.3 Å². The predicted molar refractivity (Wildman–Crippen MR) is 74.7 cm³/mol. The minimum absolute atomic E-state index is 0.309. The number of imidazole rings is 1. The average molecular weight is 279 g/mol. The van der Waals surface area contributed by atoms with E-state index in [0.717, 1.165) is 30.6 Å². The molecule has 3 rings (SSSR count). The zero-order chi connectivity index (χ0) is 13.5. The lowest BCUT2D eigenvalue weighted by Crippen LogP contribution is -2.25. The summed E-state index contributed by atoms with van der Waals surface area (Å²) < 4.78 is 24.8. The van der Waals surface area contributed by atoms with Crippen LogP contribution in [0.5, 0.6) is 0 Å². The molecule has 1 fully saturated rings. The molecule has 19 heavy (non-hydrogen) atoms. The Labute approximate surface area is 112 Å². The molecular formula is C13H17N3O2S. The lowest BCUT2D eigenvalue weighted by Gasteiger charge is -2.21. The van der Waals surface area contributed by atoms with Crippen molar-refractivity contribution in [3.8, 4) is 0 Å². The van der Waals surface area contributed by atoms with Crippen LogP contribution in [0.25, 0.3) is 5.52 Å². The Kier molecular flexibility index (Phi) is 2.97. The molecule has 2 aromatic rings. The second kappa shape index (κ2) is 4.52. The molecule has 5 nitrogen and oxygen atoms in total. The van der Waals surface area contributed by atoms with Crippen molar-refractivity contribution in [2.24, 2.45) is 5.92 Å². The Balaban J connectivity index is 1.81. The third-order valence-electron chi connectivity index (χ3n) is 3.83. The van der Waals surface area contributed by atoms with Gasteiger partial charge in [0.1, 0.15) is 15.7 Å². The minimum Gasteiger partial charge on any atom is -0.397 e. The molecule has 102 valence electrons. The van der Waals surface area contributed by atoms with Gasteiger partial charge in [0.15, 0.2) is 0 Å². The quantitative estimate of drug-likeness (QED) is 0.898. The van der Waals surface area contributed by atoms with E-state index in [4.69, 9.17) is 5.73 Å². The van der Waals surface area contributed by atoms with E-state index in [1.54, 1.807) is 6.20 Å². The van der Waals surface area contributed by atoms with Crippen molar-refractivity contribution in [3.63, 3.8) is 0 Å². The Hall–Kier alpha value is -1.56. The summed E-state index contributed by atoms with van der Waals surface area (Å²) in [7, 11) is -2.79. The SMILES string of the molecule is Nc1cccn2c(CC3CCS(=O)(=O)CC3)ncc12. The van der Waals surface area contributed by atoms with Gasteiger partial charge < -0.3 is 10.1 Å². The van der Waals surface area contributed by atoms with Gasteiger partial charge in [0.05, 0.1) is 28.9 Å². The molecule has 0 bridgehead atoms. The van der Waals surface area contributed by atoms with E-state index in [9.17, 15) is 8.42 Å². The van der Waals surface area contributed by atoms with Gasteiger partial charge in [-0.15, -0.1) is 0 Å². The Bertz CT molecular complexity index is 692. The van der Waals surface area contributed by atoms with Crippen molar-refractivity contribution >= 4 is 21.0 Å². The number of nitrogen functional groups attached to an aromatic ring is 1. The molecule has 0 saturated carbocycles. The summed E-state index contributed by atoms with van der Waals surface area (Å²) >= 11 is 0. The van der Waals surface area contributed by atoms with Crippen LogP contribution in [-0.2, 0) is 16.3 Å². The molecule has 0 aromatic carbocycles. The fourth-order valence-corrected chi connectivity index (χ4v) is 4.24. The summed E-state index contributed by atoms with van der Waals surface area (Å²) in [6, 6.07) is 3.76. The molecule has 6 heteroatoms. The van der Waals surface area contributed by atoms with Crippen LogP contribution in [0.3, 0.4) is 0 Å². The van der Waals surface area contributed by atoms with Crippen molar-refractivity contribution < 1.29 is 8.42 Å². The summed E-state index contributed by atoms with van der Waals surface area (Å²) in [6.45, 7) is 0. The van der Waals surface area contributed by atoms with Crippen molar-refractivity contribution in [1.29, 1.82) is 0 Å². The number of sulfone groups is 1. The van der Waals surface area contributed by atoms with Crippen LogP contribution in [0.15, 0.2) is 24.5 Å². The maximum atomic E-state index is 11.4. The zero-order valence-electron chi connectivity index (χ0n) is 10.6. The standard InChI is InChI=1S/C13H17N3O2S/c14-11-2-1-5-16-12(11)9-15-13(16)8-10-3-6-19(17,18)7-4-10/h1-2,5,9-10H,3-4,6-8,14H2. The van der Waals surface area contributed by atoms with E-state index in [-0.39, 0.29) is 0 Å². The fraction of sp³-hybridized carbons (Fsp3) is 0.462. The molecular weight excluding hydrogens is 262 g/mol. The van der Waals surface area contributed by atoms with Gasteiger partial charge in [-0.3, -0.25) is 0 Å². The average Bonchev–Trinajstić information content (AvgIpc) is 2.77. The summed E-state index contributed by atoms with van der Waals surface area (Å²) in [4.78, 5) is 4.42. The number of nitrogens with zero attached hydrogens (tertiary/aromatic N) is 2. The van der Waals surface area contributed by atoms with Crippen LogP contribution < -0.4 is 5.73 Å². The topological polar surface area (TPSA) is 77.5 Å². The normalized spacial score (nSPS) is 19.8. The molecule has 0 amide bonds. The highest BCUT2D eigenvalue weighted by molar-refractivity contribution is 7.91. The highest BCUT2D eigenvalue weighted by Gasteiger charge is 2.24. The first-order chi connectivity index (χ1) is 9.05. The van der Waals surface area contributed by atoms with Crippen LogP contribution in [0.2, 0.25) is 0 Å². The van der Waals surface area contributed by atoms with Gasteiger partial charge in [0.2, 0.25) is 0 Å². The largest absolute Gasteiger partial charge is 0.397 e. The summed E-state index contributed by atoms with van der Waals surface area (Å²) in [5.74, 6) is 1.98. The first-order valence-electron chi connectivity index (χ1n) is 6.46. The van der Waals surface area contributed by atoms with E-state index in [1.807, 2.05) is 22.7 Å². The molecule has 1 aliphatic rings. The van der Waals surface area contributed by atoms with Crippen LogP contribution in [0.1, 0.15) is 18.7 Å². The molecule has 2 aromatic heterocycles. The first kappa shape index (κ1) is 12.5. The van der Waals surface area contributed by atoms with Gasteiger partial charge in [0, 0.05) is 12.6 Å². The number of aromatic nitrogens is 2. The van der Waals surface area contributed by atoms with Crippen molar-refractivity contribution in [1.82, 2.24) is 9.38 Å². The lowest BCUT2D eigenvalue weighted by molar-refractivity contribution is 0.453. The van der Waals surface area contributed by atoms with E-state index in [1.165, 1.54) is 0 Å². The van der Waals surface area contributed by atoms with Crippen molar-refractivity contribution in [2.75, 3.05) is 17.2 Å². The van der Waals surface area contributed by atoms with E-state index in [0.29, 0.717) is 23.1 Å². The molecule has 0 aliphatic carbocycles. The van der Waals surface area contributed by atoms with Gasteiger partial charge in [-0.05, 0) is 30.9 Å². The summed E-state index contributed by atoms with van der Waals surface area (Å²) in [5, 5.41) is 0. The molecule has 0 unspecified atom stereocenters. The van der Waals surface area contributed by atoms with E-state index < -0.39 is 9.84 Å². The number of pyridine rings is 1. The maximum Gasteiger partial charge on any atom is 0.150 e. The molecule has 1 aliphatic heterocycles. The molecule has 3 heterocycles. The van der Waals surface area contributed by atoms with Crippen LogP contribution in [0, 0.1) is 5.92 Å². The zero-order valence-corrected chi connectivity index (χ0v) is 11.4. The number of hydrogen-bond acceptors (Lipinski definition) is 4. The second-order valence-corrected chi connectivity index (χ2v) is 7.50. The number of rotatable bonds is 2. The second-order valence-electron chi connectivity index (χ2n) is 5.19. The molecule has 0 atom stereocenters. The van der Waals surface area contributed by atoms with Gasteiger partial charge >= 0.3 is 0 Å². The molecule has 0 spiro atoms. The van der Waals surface area contributed by atoms with Crippen LogP contribution in [-0.4, -0.2) is 29.3 Å². The predicted octanol–water partition coefficient (Wildman–Crippen LogP) is 1.28. The third-order valence-corrected chi connectivity index (χ3v) is 5.54. The van der Waals surface area contributed by atoms with Gasteiger partial charge in [-0.1, -0.05) is 0 Å². The van der Waals surface area contributed by atoms with Gasteiger partial charge in [0.25, 0.3) is 0 Å². The van der Waals surface area contributed by atoms with Crippen LogP contribution >= 0.6 is 0 Å². The monoisotopic (exact) mass is 279 g/mol. The Morgan fingerprint density at radius 3 is 2.84 bits per heavy atom. The highest BCUT2D eigenvalue weighted by Crippen LogP contribution is 2.24. The number of anilines is 1. The smallest absolute Gasteiger partial charge is 0.150 e. The summed E-state index contributed by atoms with van der Waals surface area (Å²) in [5.41, 5.74) is 7.53. The Morgan fingerprint density at radius 2 is 2.11 bits per heavy atom. The number of fused-ring (bicyclic) bond motifs is 1. The van der Waals surface area contributed by atoms with E-state index in [2.05, 4.69) is 4.98 Å². The fourth-order valence-electron chi connectivity index (χ4n) is 2.65. The highest BCUT2D eigenvalue weighted by atomic mass is 32.2. The molecule has 1 saturated heterocycles. The number of hydrogen-bond donors (Lipinski definition) is 1. The number of nitrogens with two attached hydrogens (primary N) is 1. The van der Waals surface area contributed by atoms with Gasteiger partial charge in [-0.25, -0.2) is 13.4 Å². The van der Waals surface area contributed by atoms with Crippen molar-refractivity contribution in [3.05, 3.63) is 30.4 Å². The molecule has 0 radical (unpaired) electrons.